The highest BCUT2D eigenvalue weighted by Gasteiger charge is 2.17. The molecule has 3 rings (SSSR count). The molecule has 140 valence electrons. The van der Waals surface area contributed by atoms with Crippen LogP contribution >= 0.6 is 0 Å². The topological polar surface area (TPSA) is 51.1 Å². The summed E-state index contributed by atoms with van der Waals surface area (Å²) in [7, 11) is 0. The van der Waals surface area contributed by atoms with E-state index in [1.165, 1.54) is 5.56 Å². The van der Waals surface area contributed by atoms with Gasteiger partial charge in [-0.3, -0.25) is 9.59 Å². The standard InChI is InChI=1S/C23H26N2O2/c1-4-25-15-20(22(26)19-14-16(2)10-13-21(19)25)23(27)24-17(3)11-12-18-8-6-5-7-9-18/h5-10,13-15,17H,4,11-12H2,1-3H3,(H,24,27)/t17-/m1/s1. The van der Waals surface area contributed by atoms with Gasteiger partial charge in [-0.25, -0.2) is 0 Å². The predicted molar refractivity (Wildman–Crippen MR) is 110 cm³/mol. The first-order valence-corrected chi connectivity index (χ1v) is 9.48. The number of aromatic nitrogens is 1. The average Bonchev–Trinajstić information content (AvgIpc) is 2.67. The number of nitrogens with zero attached hydrogens (tertiary/aromatic N) is 1. The van der Waals surface area contributed by atoms with Gasteiger partial charge in [-0.15, -0.1) is 0 Å². The summed E-state index contributed by atoms with van der Waals surface area (Å²) in [4.78, 5) is 25.6. The molecule has 0 radical (unpaired) electrons. The molecule has 0 aliphatic carbocycles. The molecular formula is C23H26N2O2. The van der Waals surface area contributed by atoms with E-state index in [1.54, 1.807) is 6.20 Å². The molecule has 0 aliphatic rings. The van der Waals surface area contributed by atoms with Gasteiger partial charge in [0.05, 0.1) is 5.52 Å². The molecule has 0 spiro atoms. The maximum atomic E-state index is 12.9. The van der Waals surface area contributed by atoms with E-state index >= 15 is 0 Å². The van der Waals surface area contributed by atoms with Gasteiger partial charge >= 0.3 is 0 Å². The number of pyridine rings is 1. The van der Waals surface area contributed by atoms with E-state index in [0.717, 1.165) is 23.9 Å². The van der Waals surface area contributed by atoms with Crippen LogP contribution in [0.5, 0.6) is 0 Å². The van der Waals surface area contributed by atoms with Crippen LogP contribution in [0.15, 0.2) is 59.5 Å². The number of carbonyl (C=O) groups excluding carboxylic acids is 1. The Bertz CT molecular complexity index is 1010. The lowest BCUT2D eigenvalue weighted by atomic mass is 10.1. The van der Waals surface area contributed by atoms with Crippen LogP contribution in [0.4, 0.5) is 0 Å². The Morgan fingerprint density at radius 1 is 1.15 bits per heavy atom. The fourth-order valence-electron chi connectivity index (χ4n) is 3.34. The summed E-state index contributed by atoms with van der Waals surface area (Å²) in [5.41, 5.74) is 3.12. The van der Waals surface area contributed by atoms with Gasteiger partial charge in [-0.1, -0.05) is 42.0 Å². The number of benzene rings is 2. The lowest BCUT2D eigenvalue weighted by molar-refractivity contribution is 0.0937. The van der Waals surface area contributed by atoms with Crippen LogP contribution in [0.2, 0.25) is 0 Å². The zero-order valence-corrected chi connectivity index (χ0v) is 16.2. The number of hydrogen-bond acceptors (Lipinski definition) is 2. The highest BCUT2D eigenvalue weighted by atomic mass is 16.2. The van der Waals surface area contributed by atoms with Crippen molar-refractivity contribution in [2.24, 2.45) is 0 Å². The predicted octanol–water partition coefficient (Wildman–Crippen LogP) is 4.08. The first-order valence-electron chi connectivity index (χ1n) is 9.48. The van der Waals surface area contributed by atoms with Crippen molar-refractivity contribution in [2.75, 3.05) is 0 Å². The van der Waals surface area contributed by atoms with E-state index < -0.39 is 0 Å². The smallest absolute Gasteiger partial charge is 0.256 e. The Morgan fingerprint density at radius 3 is 2.59 bits per heavy atom. The SMILES string of the molecule is CCn1cc(C(=O)N[C@H](C)CCc2ccccc2)c(=O)c2cc(C)ccc21. The molecule has 1 atom stereocenters. The number of rotatable bonds is 6. The molecular weight excluding hydrogens is 336 g/mol. The van der Waals surface area contributed by atoms with Gasteiger partial charge in [0.25, 0.3) is 5.91 Å². The van der Waals surface area contributed by atoms with Crippen molar-refractivity contribution in [2.45, 2.75) is 46.2 Å². The van der Waals surface area contributed by atoms with E-state index in [1.807, 2.05) is 61.7 Å². The molecule has 1 amide bonds. The third-order valence-electron chi connectivity index (χ3n) is 4.91. The molecule has 0 bridgehead atoms. The van der Waals surface area contributed by atoms with Crippen molar-refractivity contribution in [3.8, 4) is 0 Å². The van der Waals surface area contributed by atoms with Gasteiger partial charge in [-0.2, -0.15) is 0 Å². The van der Waals surface area contributed by atoms with Crippen LogP contribution in [-0.4, -0.2) is 16.5 Å². The second kappa shape index (κ2) is 8.21. The molecule has 0 fully saturated rings. The van der Waals surface area contributed by atoms with Gasteiger partial charge in [0.1, 0.15) is 5.56 Å². The van der Waals surface area contributed by atoms with Crippen molar-refractivity contribution < 1.29 is 4.79 Å². The quantitative estimate of drug-likeness (QED) is 0.718. The summed E-state index contributed by atoms with van der Waals surface area (Å²) < 4.78 is 1.96. The van der Waals surface area contributed by atoms with E-state index in [-0.39, 0.29) is 22.9 Å². The number of nitrogens with one attached hydrogen (secondary N) is 1. The van der Waals surface area contributed by atoms with E-state index in [4.69, 9.17) is 0 Å². The summed E-state index contributed by atoms with van der Waals surface area (Å²) in [5.74, 6) is -0.300. The molecule has 0 saturated carbocycles. The number of hydrogen-bond donors (Lipinski definition) is 1. The largest absolute Gasteiger partial charge is 0.349 e. The third-order valence-corrected chi connectivity index (χ3v) is 4.91. The second-order valence-electron chi connectivity index (χ2n) is 7.08. The van der Waals surface area contributed by atoms with Crippen LogP contribution in [0, 0.1) is 6.92 Å². The van der Waals surface area contributed by atoms with Crippen LogP contribution in [0.3, 0.4) is 0 Å². The third kappa shape index (κ3) is 4.27. The summed E-state index contributed by atoms with van der Waals surface area (Å²) in [5, 5.41) is 3.58. The van der Waals surface area contributed by atoms with Crippen LogP contribution < -0.4 is 10.7 Å². The molecule has 0 aliphatic heterocycles. The lowest BCUT2D eigenvalue weighted by Gasteiger charge is -2.16. The van der Waals surface area contributed by atoms with Gasteiger partial charge in [-0.05, 0) is 51.3 Å². The number of aryl methyl sites for hydroxylation is 3. The minimum atomic E-state index is -0.300. The first-order chi connectivity index (χ1) is 13.0. The molecule has 4 nitrogen and oxygen atoms in total. The van der Waals surface area contributed by atoms with Crippen LogP contribution in [0.25, 0.3) is 10.9 Å². The van der Waals surface area contributed by atoms with Crippen LogP contribution in [0.1, 0.15) is 41.8 Å². The molecule has 0 saturated heterocycles. The monoisotopic (exact) mass is 362 g/mol. The fraction of sp³-hybridized carbons (Fsp3) is 0.304. The van der Waals surface area contributed by atoms with Gasteiger partial charge in [0, 0.05) is 24.2 Å². The van der Waals surface area contributed by atoms with Gasteiger partial charge in [0.2, 0.25) is 5.43 Å². The lowest BCUT2D eigenvalue weighted by Crippen LogP contribution is -2.36. The Kier molecular flexibility index (Phi) is 5.75. The Labute approximate surface area is 159 Å². The van der Waals surface area contributed by atoms with Crippen molar-refractivity contribution in [1.82, 2.24) is 9.88 Å². The fourth-order valence-corrected chi connectivity index (χ4v) is 3.34. The minimum Gasteiger partial charge on any atom is -0.349 e. The van der Waals surface area contributed by atoms with Gasteiger partial charge < -0.3 is 9.88 Å². The maximum absolute atomic E-state index is 12.9. The zero-order chi connectivity index (χ0) is 19.4. The second-order valence-corrected chi connectivity index (χ2v) is 7.08. The molecule has 27 heavy (non-hydrogen) atoms. The van der Waals surface area contributed by atoms with E-state index in [2.05, 4.69) is 17.4 Å². The zero-order valence-electron chi connectivity index (χ0n) is 16.2. The molecule has 1 N–H and O–H groups in total. The average molecular weight is 362 g/mol. The minimum absolute atomic E-state index is 0.0135. The van der Waals surface area contributed by atoms with Crippen molar-refractivity contribution in [3.63, 3.8) is 0 Å². The Hall–Kier alpha value is -2.88. The number of carbonyl (C=O) groups is 1. The highest BCUT2D eigenvalue weighted by Crippen LogP contribution is 2.14. The van der Waals surface area contributed by atoms with Crippen LogP contribution in [-0.2, 0) is 13.0 Å². The van der Waals surface area contributed by atoms with Crippen molar-refractivity contribution >= 4 is 16.8 Å². The Morgan fingerprint density at radius 2 is 1.89 bits per heavy atom. The Balaban J connectivity index is 1.80. The molecule has 0 unspecified atom stereocenters. The normalized spacial score (nSPS) is 12.1. The summed E-state index contributed by atoms with van der Waals surface area (Å²) in [6, 6.07) is 16.0. The molecule has 1 heterocycles. The number of fused-ring (bicyclic) bond motifs is 1. The molecule has 1 aromatic heterocycles. The molecule has 2 aromatic carbocycles. The number of amides is 1. The highest BCUT2D eigenvalue weighted by molar-refractivity contribution is 5.97. The summed E-state index contributed by atoms with van der Waals surface area (Å²) in [6.45, 7) is 6.63. The maximum Gasteiger partial charge on any atom is 0.256 e. The first kappa shape index (κ1) is 18.9. The van der Waals surface area contributed by atoms with Crippen molar-refractivity contribution in [1.29, 1.82) is 0 Å². The summed E-state index contributed by atoms with van der Waals surface area (Å²) in [6.07, 6.45) is 3.39. The van der Waals surface area contributed by atoms with E-state index in [0.29, 0.717) is 11.9 Å². The molecule has 4 heteroatoms. The van der Waals surface area contributed by atoms with E-state index in [9.17, 15) is 9.59 Å². The molecule has 3 aromatic rings. The summed E-state index contributed by atoms with van der Waals surface area (Å²) >= 11 is 0. The van der Waals surface area contributed by atoms with Crippen molar-refractivity contribution in [3.05, 3.63) is 81.6 Å². The van der Waals surface area contributed by atoms with Gasteiger partial charge in [0.15, 0.2) is 0 Å².